The average Bonchev–Trinajstić information content (AvgIpc) is 2.76. The van der Waals surface area contributed by atoms with E-state index < -0.39 is 10.0 Å². The number of sulfonamides is 1. The minimum absolute atomic E-state index is 0.351. The van der Waals surface area contributed by atoms with Crippen LogP contribution in [0.3, 0.4) is 0 Å². The fourth-order valence-electron chi connectivity index (χ4n) is 3.26. The number of nitrogens with one attached hydrogen (secondary N) is 2. The van der Waals surface area contributed by atoms with Crippen LogP contribution in [0.4, 0.5) is 0 Å². The molecule has 0 amide bonds. The van der Waals surface area contributed by atoms with E-state index in [-0.39, 0.29) is 0 Å². The fraction of sp³-hybridized carbons (Fsp3) is 0.381. The van der Waals surface area contributed by atoms with Crippen LogP contribution in [0.1, 0.15) is 30.4 Å². The second-order valence-corrected chi connectivity index (χ2v) is 9.32. The molecule has 1 aliphatic heterocycles. The zero-order valence-corrected chi connectivity index (χ0v) is 18.1. The SMILES string of the molecule is CN=C(NCc1ccc(S(=O)(=O)N2CCCCC2)cc1)NCc1ccccc1Cl. The highest BCUT2D eigenvalue weighted by molar-refractivity contribution is 7.89. The van der Waals surface area contributed by atoms with Crippen molar-refractivity contribution in [2.45, 2.75) is 37.2 Å². The number of halogens is 1. The molecule has 0 bridgehead atoms. The first-order chi connectivity index (χ1) is 14.0. The maximum absolute atomic E-state index is 12.7. The van der Waals surface area contributed by atoms with Gasteiger partial charge in [0.25, 0.3) is 0 Å². The zero-order chi connectivity index (χ0) is 20.7. The van der Waals surface area contributed by atoms with E-state index in [1.807, 2.05) is 36.4 Å². The second kappa shape index (κ2) is 10.1. The molecule has 6 nitrogen and oxygen atoms in total. The Morgan fingerprint density at radius 2 is 1.66 bits per heavy atom. The molecular weight excluding hydrogens is 408 g/mol. The van der Waals surface area contributed by atoms with Crippen LogP contribution >= 0.6 is 11.6 Å². The van der Waals surface area contributed by atoms with Crippen LogP contribution in [0.15, 0.2) is 58.4 Å². The van der Waals surface area contributed by atoms with E-state index in [4.69, 9.17) is 11.6 Å². The van der Waals surface area contributed by atoms with Gasteiger partial charge in [0.1, 0.15) is 0 Å². The molecule has 0 aliphatic carbocycles. The Morgan fingerprint density at radius 3 is 2.31 bits per heavy atom. The van der Waals surface area contributed by atoms with E-state index in [0.29, 0.717) is 42.1 Å². The lowest BCUT2D eigenvalue weighted by Crippen LogP contribution is -2.36. The molecule has 0 aromatic heterocycles. The number of hydrogen-bond donors (Lipinski definition) is 2. The van der Waals surface area contributed by atoms with E-state index in [1.165, 1.54) is 0 Å². The lowest BCUT2D eigenvalue weighted by atomic mass is 10.2. The molecule has 1 saturated heterocycles. The number of piperidine rings is 1. The smallest absolute Gasteiger partial charge is 0.243 e. The molecule has 8 heteroatoms. The van der Waals surface area contributed by atoms with Gasteiger partial charge in [0.05, 0.1) is 4.90 Å². The molecule has 29 heavy (non-hydrogen) atoms. The third kappa shape index (κ3) is 5.72. The van der Waals surface area contributed by atoms with Gasteiger partial charge in [-0.1, -0.05) is 48.4 Å². The maximum Gasteiger partial charge on any atom is 0.243 e. The van der Waals surface area contributed by atoms with Crippen molar-refractivity contribution in [3.63, 3.8) is 0 Å². The predicted octanol–water partition coefficient (Wildman–Crippen LogP) is 3.38. The van der Waals surface area contributed by atoms with E-state index in [0.717, 1.165) is 30.4 Å². The molecule has 0 radical (unpaired) electrons. The van der Waals surface area contributed by atoms with Gasteiger partial charge in [-0.15, -0.1) is 0 Å². The molecule has 0 saturated carbocycles. The number of benzene rings is 2. The summed E-state index contributed by atoms with van der Waals surface area (Å²) in [6, 6.07) is 14.7. The predicted molar refractivity (Wildman–Crippen MR) is 118 cm³/mol. The van der Waals surface area contributed by atoms with Crippen molar-refractivity contribution in [1.82, 2.24) is 14.9 Å². The second-order valence-electron chi connectivity index (χ2n) is 6.98. The molecule has 2 aromatic carbocycles. The molecule has 1 heterocycles. The molecule has 1 aliphatic rings. The van der Waals surface area contributed by atoms with Crippen LogP contribution in [0.5, 0.6) is 0 Å². The summed E-state index contributed by atoms with van der Waals surface area (Å²) in [7, 11) is -1.69. The number of nitrogens with zero attached hydrogens (tertiary/aromatic N) is 2. The molecule has 2 N–H and O–H groups in total. The maximum atomic E-state index is 12.7. The monoisotopic (exact) mass is 434 g/mol. The van der Waals surface area contributed by atoms with Crippen LogP contribution in [0.2, 0.25) is 5.02 Å². The summed E-state index contributed by atoms with van der Waals surface area (Å²) in [5.74, 6) is 0.648. The van der Waals surface area contributed by atoms with Gasteiger partial charge in [-0.2, -0.15) is 4.31 Å². The average molecular weight is 435 g/mol. The van der Waals surface area contributed by atoms with E-state index in [9.17, 15) is 8.42 Å². The van der Waals surface area contributed by atoms with Crippen molar-refractivity contribution in [3.8, 4) is 0 Å². The summed E-state index contributed by atoms with van der Waals surface area (Å²) in [5.41, 5.74) is 1.97. The van der Waals surface area contributed by atoms with Crippen LogP contribution in [0.25, 0.3) is 0 Å². The Labute approximate surface area is 178 Å². The van der Waals surface area contributed by atoms with E-state index in [2.05, 4.69) is 15.6 Å². The number of guanidine groups is 1. The highest BCUT2D eigenvalue weighted by atomic mass is 35.5. The number of hydrogen-bond acceptors (Lipinski definition) is 3. The largest absolute Gasteiger partial charge is 0.352 e. The minimum atomic E-state index is -3.39. The highest BCUT2D eigenvalue weighted by Crippen LogP contribution is 2.21. The van der Waals surface area contributed by atoms with Gasteiger partial charge in [0.15, 0.2) is 5.96 Å². The normalized spacial score (nSPS) is 15.9. The van der Waals surface area contributed by atoms with Crippen LogP contribution in [-0.4, -0.2) is 38.8 Å². The summed E-state index contributed by atoms with van der Waals surface area (Å²) in [6.07, 6.45) is 2.96. The molecule has 0 atom stereocenters. The Hall–Kier alpha value is -2.09. The van der Waals surface area contributed by atoms with Gasteiger partial charge in [-0.05, 0) is 42.2 Å². The molecule has 0 unspecified atom stereocenters. The van der Waals surface area contributed by atoms with Gasteiger partial charge in [-0.3, -0.25) is 4.99 Å². The van der Waals surface area contributed by atoms with Gasteiger partial charge < -0.3 is 10.6 Å². The summed E-state index contributed by atoms with van der Waals surface area (Å²) in [4.78, 5) is 4.57. The zero-order valence-electron chi connectivity index (χ0n) is 16.6. The Morgan fingerprint density at radius 1 is 1.00 bits per heavy atom. The van der Waals surface area contributed by atoms with Crippen molar-refractivity contribution < 1.29 is 8.42 Å². The third-order valence-electron chi connectivity index (χ3n) is 4.96. The topological polar surface area (TPSA) is 73.8 Å². The molecule has 2 aromatic rings. The molecule has 0 spiro atoms. The Bertz CT molecular complexity index is 939. The summed E-state index contributed by atoms with van der Waals surface area (Å²) < 4.78 is 27.0. The first kappa shape index (κ1) is 21.6. The number of rotatable bonds is 6. The van der Waals surface area contributed by atoms with Crippen molar-refractivity contribution >= 4 is 27.6 Å². The van der Waals surface area contributed by atoms with Crippen molar-refractivity contribution in [1.29, 1.82) is 0 Å². The lowest BCUT2D eigenvalue weighted by Gasteiger charge is -2.25. The van der Waals surface area contributed by atoms with Crippen molar-refractivity contribution in [2.24, 2.45) is 4.99 Å². The van der Waals surface area contributed by atoms with Gasteiger partial charge in [0, 0.05) is 38.2 Å². The molecule has 3 rings (SSSR count). The Kier molecular flexibility index (Phi) is 7.52. The number of aliphatic imine (C=N–C) groups is 1. The lowest BCUT2D eigenvalue weighted by molar-refractivity contribution is 0.346. The minimum Gasteiger partial charge on any atom is -0.352 e. The summed E-state index contributed by atoms with van der Waals surface area (Å²) in [6.45, 7) is 2.32. The molecule has 156 valence electrons. The highest BCUT2D eigenvalue weighted by Gasteiger charge is 2.25. The Balaban J connectivity index is 1.55. The molecular formula is C21H27ClN4O2S. The van der Waals surface area contributed by atoms with Crippen molar-refractivity contribution in [2.75, 3.05) is 20.1 Å². The first-order valence-corrected chi connectivity index (χ1v) is 11.6. The van der Waals surface area contributed by atoms with Crippen LogP contribution in [-0.2, 0) is 23.1 Å². The van der Waals surface area contributed by atoms with E-state index >= 15 is 0 Å². The van der Waals surface area contributed by atoms with Crippen LogP contribution < -0.4 is 10.6 Å². The van der Waals surface area contributed by atoms with Gasteiger partial charge in [0.2, 0.25) is 10.0 Å². The first-order valence-electron chi connectivity index (χ1n) is 9.78. The van der Waals surface area contributed by atoms with E-state index in [1.54, 1.807) is 23.5 Å². The standard InChI is InChI=1S/C21H27ClN4O2S/c1-23-21(25-16-18-7-3-4-8-20(18)22)24-15-17-9-11-19(12-10-17)29(27,28)26-13-5-2-6-14-26/h3-4,7-12H,2,5-6,13-16H2,1H3,(H2,23,24,25). The molecule has 1 fully saturated rings. The third-order valence-corrected chi connectivity index (χ3v) is 7.25. The quantitative estimate of drug-likeness (QED) is 0.540. The van der Waals surface area contributed by atoms with Gasteiger partial charge >= 0.3 is 0 Å². The summed E-state index contributed by atoms with van der Waals surface area (Å²) >= 11 is 6.18. The van der Waals surface area contributed by atoms with Crippen LogP contribution in [0, 0.1) is 0 Å². The van der Waals surface area contributed by atoms with Crippen molar-refractivity contribution in [3.05, 3.63) is 64.7 Å². The summed E-state index contributed by atoms with van der Waals surface area (Å²) in [5, 5.41) is 7.17. The van der Waals surface area contributed by atoms with Gasteiger partial charge in [-0.25, -0.2) is 8.42 Å². The fourth-order valence-corrected chi connectivity index (χ4v) is 4.98.